The van der Waals surface area contributed by atoms with Gasteiger partial charge in [-0.3, -0.25) is 0 Å². The second-order valence-corrected chi connectivity index (χ2v) is 9.56. The largest absolute Gasteiger partial charge is 0.490 e. The molecule has 0 bridgehead atoms. The van der Waals surface area contributed by atoms with Gasteiger partial charge in [0, 0.05) is 11.6 Å². The molecule has 1 aliphatic rings. The molecule has 0 saturated heterocycles. The fourth-order valence-electron chi connectivity index (χ4n) is 4.42. The van der Waals surface area contributed by atoms with Crippen molar-refractivity contribution in [3.8, 4) is 17.1 Å². The van der Waals surface area contributed by atoms with E-state index in [4.69, 9.17) is 14.2 Å². The Morgan fingerprint density at radius 3 is 2.11 bits per heavy atom. The highest BCUT2D eigenvalue weighted by Crippen LogP contribution is 2.22. The lowest BCUT2D eigenvalue weighted by Gasteiger charge is -2.22. The molecule has 1 aromatic carbocycles. The number of hydrogen-bond donors (Lipinski definition) is 0. The molecule has 0 spiro atoms. The van der Waals surface area contributed by atoms with Crippen molar-refractivity contribution in [2.75, 3.05) is 13.2 Å². The Bertz CT molecular complexity index is 877. The summed E-state index contributed by atoms with van der Waals surface area (Å²) >= 11 is 0. The molecule has 0 radical (unpaired) electrons. The first-order chi connectivity index (χ1) is 17.7. The molecule has 2 aromatic rings. The van der Waals surface area contributed by atoms with Gasteiger partial charge in [-0.2, -0.15) is 0 Å². The maximum absolute atomic E-state index is 10.9. The molecule has 0 N–H and O–H groups in total. The number of carbonyl (C=O) groups is 1. The van der Waals surface area contributed by atoms with Crippen LogP contribution in [0.15, 0.2) is 49.3 Å². The van der Waals surface area contributed by atoms with Crippen molar-refractivity contribution in [1.29, 1.82) is 0 Å². The Hall–Kier alpha value is -2.73. The van der Waals surface area contributed by atoms with Gasteiger partial charge < -0.3 is 14.2 Å². The summed E-state index contributed by atoms with van der Waals surface area (Å²) in [4.78, 5) is 19.9. The van der Waals surface area contributed by atoms with Crippen LogP contribution in [0.3, 0.4) is 0 Å². The van der Waals surface area contributed by atoms with E-state index in [1.54, 1.807) is 12.4 Å². The average Bonchev–Trinajstić information content (AvgIpc) is 2.93. The minimum absolute atomic E-state index is 0.333. The zero-order chi connectivity index (χ0) is 25.3. The molecule has 1 saturated carbocycles. The third-order valence-corrected chi connectivity index (χ3v) is 6.60. The summed E-state index contributed by atoms with van der Waals surface area (Å²) in [6, 6.07) is 8.33. The number of benzene rings is 1. The number of hydrogen-bond acceptors (Lipinski definition) is 6. The Morgan fingerprint density at radius 1 is 0.861 bits per heavy atom. The van der Waals surface area contributed by atoms with Gasteiger partial charge in [-0.15, -0.1) is 0 Å². The van der Waals surface area contributed by atoms with Crippen LogP contribution in [-0.2, 0) is 20.9 Å². The van der Waals surface area contributed by atoms with Gasteiger partial charge in [0.1, 0.15) is 0 Å². The van der Waals surface area contributed by atoms with Crippen LogP contribution in [0, 0.1) is 0 Å². The molecule has 0 aliphatic heterocycles. The molecule has 196 valence electrons. The van der Waals surface area contributed by atoms with Gasteiger partial charge >= 0.3 is 5.97 Å². The Labute approximate surface area is 216 Å². The quantitative estimate of drug-likeness (QED) is 0.131. The van der Waals surface area contributed by atoms with Gasteiger partial charge in [-0.05, 0) is 31.2 Å². The third kappa shape index (κ3) is 10.9. The minimum Gasteiger partial charge on any atom is -0.490 e. The smallest absolute Gasteiger partial charge is 0.330 e. The van der Waals surface area contributed by atoms with Crippen LogP contribution in [0.2, 0.25) is 0 Å². The van der Waals surface area contributed by atoms with E-state index in [9.17, 15) is 4.79 Å². The number of unbranched alkanes of at least 4 members (excludes halogenated alkanes) is 7. The maximum atomic E-state index is 10.9. The topological polar surface area (TPSA) is 70.5 Å². The first-order valence-electron chi connectivity index (χ1n) is 13.7. The van der Waals surface area contributed by atoms with Gasteiger partial charge in [-0.1, -0.05) is 88.6 Å². The van der Waals surface area contributed by atoms with Gasteiger partial charge in [0.25, 0.3) is 0 Å². The summed E-state index contributed by atoms with van der Waals surface area (Å²) in [6.45, 7) is 5.24. The van der Waals surface area contributed by atoms with Crippen molar-refractivity contribution in [1.82, 2.24) is 9.97 Å². The van der Waals surface area contributed by atoms with Crippen molar-refractivity contribution in [3.63, 3.8) is 0 Å². The number of esters is 1. The first kappa shape index (κ1) is 27.9. The van der Waals surface area contributed by atoms with Gasteiger partial charge in [0.05, 0.1) is 38.3 Å². The second kappa shape index (κ2) is 16.9. The van der Waals surface area contributed by atoms with Crippen molar-refractivity contribution in [3.05, 3.63) is 54.9 Å². The molecule has 1 aromatic heterocycles. The molecule has 0 atom stereocenters. The van der Waals surface area contributed by atoms with E-state index in [1.165, 1.54) is 69.4 Å². The highest BCUT2D eigenvalue weighted by atomic mass is 16.5. The Balaban J connectivity index is 1.22. The number of nitrogens with zero attached hydrogens (tertiary/aromatic N) is 2. The molecule has 36 heavy (non-hydrogen) atoms. The molecule has 3 rings (SSSR count). The lowest BCUT2D eigenvalue weighted by Crippen LogP contribution is -2.16. The van der Waals surface area contributed by atoms with Gasteiger partial charge in [0.15, 0.2) is 11.6 Å². The minimum atomic E-state index is -0.333. The van der Waals surface area contributed by atoms with Crippen LogP contribution < -0.4 is 4.74 Å². The Morgan fingerprint density at radius 2 is 1.47 bits per heavy atom. The van der Waals surface area contributed by atoms with E-state index in [1.807, 2.05) is 0 Å². The van der Waals surface area contributed by atoms with E-state index in [0.717, 1.165) is 31.2 Å². The number of carbonyl (C=O) groups excluding carboxylic acids is 1. The predicted octanol–water partition coefficient (Wildman–Crippen LogP) is 7.22. The Kier molecular flexibility index (Phi) is 13.0. The third-order valence-electron chi connectivity index (χ3n) is 6.60. The van der Waals surface area contributed by atoms with Crippen molar-refractivity contribution in [2.24, 2.45) is 0 Å². The van der Waals surface area contributed by atoms with Crippen LogP contribution in [0.4, 0.5) is 0 Å². The molecule has 0 unspecified atom stereocenters. The SMILES string of the molecule is C=CC(=O)OCCCCCCCCCCOc1cnc(-c2ccc(COC3CCCCC3)cc2)nc1. The van der Waals surface area contributed by atoms with Crippen LogP contribution in [0.25, 0.3) is 11.4 Å². The zero-order valence-corrected chi connectivity index (χ0v) is 21.7. The highest BCUT2D eigenvalue weighted by molar-refractivity contribution is 5.81. The van der Waals surface area contributed by atoms with Crippen LogP contribution in [0.1, 0.15) is 89.0 Å². The van der Waals surface area contributed by atoms with Crippen LogP contribution in [0.5, 0.6) is 5.75 Å². The molecular weight excluding hydrogens is 452 g/mol. The fourth-order valence-corrected chi connectivity index (χ4v) is 4.42. The zero-order valence-electron chi connectivity index (χ0n) is 21.7. The molecule has 1 aliphatic carbocycles. The van der Waals surface area contributed by atoms with E-state index in [0.29, 0.717) is 37.5 Å². The van der Waals surface area contributed by atoms with E-state index in [2.05, 4.69) is 40.8 Å². The summed E-state index contributed by atoms with van der Waals surface area (Å²) in [5.41, 5.74) is 2.19. The monoisotopic (exact) mass is 494 g/mol. The standard InChI is InChI=1S/C30H42N2O4/c1-2-29(33)35-21-13-8-6-4-3-5-7-12-20-34-28-22-31-30(32-23-28)26-18-16-25(17-19-26)24-36-27-14-10-9-11-15-27/h2,16-19,22-23,27H,1,3-15,20-21,24H2. The number of aromatic nitrogens is 2. The summed E-state index contributed by atoms with van der Waals surface area (Å²) in [5.74, 6) is 1.09. The lowest BCUT2D eigenvalue weighted by atomic mass is 9.98. The molecule has 1 fully saturated rings. The lowest BCUT2D eigenvalue weighted by molar-refractivity contribution is -0.137. The number of rotatable bonds is 17. The van der Waals surface area contributed by atoms with E-state index >= 15 is 0 Å². The molecular formula is C30H42N2O4. The number of ether oxygens (including phenoxy) is 3. The summed E-state index contributed by atoms with van der Waals surface area (Å²) < 4.78 is 16.9. The first-order valence-corrected chi connectivity index (χ1v) is 13.7. The van der Waals surface area contributed by atoms with Gasteiger partial charge in [0.2, 0.25) is 0 Å². The van der Waals surface area contributed by atoms with Gasteiger partial charge in [-0.25, -0.2) is 14.8 Å². The summed E-state index contributed by atoms with van der Waals surface area (Å²) in [7, 11) is 0. The normalized spacial score (nSPS) is 13.9. The molecule has 6 nitrogen and oxygen atoms in total. The van der Waals surface area contributed by atoms with Crippen LogP contribution in [-0.4, -0.2) is 35.3 Å². The average molecular weight is 495 g/mol. The fraction of sp³-hybridized carbons (Fsp3) is 0.567. The van der Waals surface area contributed by atoms with E-state index in [-0.39, 0.29) is 5.97 Å². The predicted molar refractivity (Wildman–Crippen MR) is 143 cm³/mol. The molecule has 1 heterocycles. The summed E-state index contributed by atoms with van der Waals surface area (Å²) in [5, 5.41) is 0. The van der Waals surface area contributed by atoms with Crippen molar-refractivity contribution in [2.45, 2.75) is 96.2 Å². The van der Waals surface area contributed by atoms with E-state index < -0.39 is 0 Å². The summed E-state index contributed by atoms with van der Waals surface area (Å²) in [6.07, 6.45) is 20.5. The van der Waals surface area contributed by atoms with Crippen molar-refractivity contribution < 1.29 is 19.0 Å². The second-order valence-electron chi connectivity index (χ2n) is 9.56. The highest BCUT2D eigenvalue weighted by Gasteiger charge is 2.13. The molecule has 0 amide bonds. The molecule has 6 heteroatoms. The van der Waals surface area contributed by atoms with Crippen LogP contribution >= 0.6 is 0 Å². The van der Waals surface area contributed by atoms with Crippen molar-refractivity contribution >= 4 is 5.97 Å². The maximum Gasteiger partial charge on any atom is 0.330 e.